The molecule has 21 heavy (non-hydrogen) atoms. The van der Waals surface area contributed by atoms with E-state index in [1.54, 1.807) is 12.5 Å². The molecule has 0 heterocycles. The maximum Gasteiger partial charge on any atom is 0.287 e. The molecule has 0 saturated carbocycles. The molecular formula is C16H18N2O3. The molecule has 1 rings (SSSR count). The molecule has 110 valence electrons. The number of aryl methyl sites for hydroxylation is 1. The van der Waals surface area contributed by atoms with Crippen LogP contribution in [0.15, 0.2) is 24.3 Å². The van der Waals surface area contributed by atoms with E-state index in [-0.39, 0.29) is 12.2 Å². The SMILES string of the molecule is Cc1ccc(CC(=O)C(CCCCOC#N)OC#N)cc1. The summed E-state index contributed by atoms with van der Waals surface area (Å²) in [5.41, 5.74) is 2.04. The highest BCUT2D eigenvalue weighted by molar-refractivity contribution is 5.85. The van der Waals surface area contributed by atoms with E-state index in [4.69, 9.17) is 15.3 Å². The number of unbranched alkanes of at least 4 members (excludes halogenated alkanes) is 1. The molecular weight excluding hydrogens is 268 g/mol. The van der Waals surface area contributed by atoms with Crippen molar-refractivity contribution >= 4 is 5.78 Å². The van der Waals surface area contributed by atoms with Crippen molar-refractivity contribution in [2.24, 2.45) is 0 Å². The van der Waals surface area contributed by atoms with Gasteiger partial charge in [-0.15, -0.1) is 0 Å². The van der Waals surface area contributed by atoms with Crippen molar-refractivity contribution in [3.63, 3.8) is 0 Å². The Kier molecular flexibility index (Phi) is 7.39. The molecule has 0 amide bonds. The second kappa shape index (κ2) is 9.39. The Morgan fingerprint density at radius 1 is 1.19 bits per heavy atom. The minimum atomic E-state index is -0.724. The van der Waals surface area contributed by atoms with Crippen LogP contribution in [0.3, 0.4) is 0 Å². The first-order chi connectivity index (χ1) is 10.2. The van der Waals surface area contributed by atoms with Gasteiger partial charge in [0.25, 0.3) is 12.5 Å². The Hall–Kier alpha value is -2.53. The van der Waals surface area contributed by atoms with Crippen LogP contribution in [0, 0.1) is 30.0 Å². The van der Waals surface area contributed by atoms with E-state index in [0.717, 1.165) is 11.1 Å². The summed E-state index contributed by atoms with van der Waals surface area (Å²) in [6.45, 7) is 2.30. The van der Waals surface area contributed by atoms with E-state index in [2.05, 4.69) is 4.74 Å². The molecule has 5 heteroatoms. The third-order valence-corrected chi connectivity index (χ3v) is 3.08. The van der Waals surface area contributed by atoms with E-state index >= 15 is 0 Å². The Labute approximate surface area is 124 Å². The number of Topliss-reactive ketones (excluding diaryl/α,β-unsaturated/α-hetero) is 1. The van der Waals surface area contributed by atoms with Crippen LogP contribution in [-0.4, -0.2) is 18.5 Å². The lowest BCUT2D eigenvalue weighted by Gasteiger charge is -2.12. The molecule has 0 aliphatic heterocycles. The number of nitrogens with zero attached hydrogens (tertiary/aromatic N) is 2. The smallest absolute Gasteiger partial charge is 0.287 e. The second-order valence-corrected chi connectivity index (χ2v) is 4.76. The number of ether oxygens (including phenoxy) is 2. The largest absolute Gasteiger partial charge is 0.428 e. The van der Waals surface area contributed by atoms with E-state index < -0.39 is 6.10 Å². The summed E-state index contributed by atoms with van der Waals surface area (Å²) < 4.78 is 9.41. The molecule has 0 spiro atoms. The predicted molar refractivity (Wildman–Crippen MR) is 75.8 cm³/mol. The molecule has 0 N–H and O–H groups in total. The van der Waals surface area contributed by atoms with Crippen LogP contribution in [0.2, 0.25) is 0 Å². The number of carbonyl (C=O) groups excluding carboxylic acids is 1. The minimum absolute atomic E-state index is 0.110. The summed E-state index contributed by atoms with van der Waals surface area (Å²) in [6, 6.07) is 7.69. The molecule has 5 nitrogen and oxygen atoms in total. The van der Waals surface area contributed by atoms with E-state index in [0.29, 0.717) is 25.9 Å². The third-order valence-electron chi connectivity index (χ3n) is 3.08. The number of carbonyl (C=O) groups is 1. The number of ketones is 1. The number of benzene rings is 1. The maximum atomic E-state index is 12.1. The molecule has 1 atom stereocenters. The minimum Gasteiger partial charge on any atom is -0.428 e. The Morgan fingerprint density at radius 2 is 1.90 bits per heavy atom. The van der Waals surface area contributed by atoms with Crippen LogP contribution in [-0.2, 0) is 20.7 Å². The topological polar surface area (TPSA) is 83.1 Å². The molecule has 0 fully saturated rings. The van der Waals surface area contributed by atoms with Gasteiger partial charge in [0.1, 0.15) is 6.61 Å². The molecule has 0 aliphatic carbocycles. The fraction of sp³-hybridized carbons (Fsp3) is 0.438. The summed E-state index contributed by atoms with van der Waals surface area (Å²) in [5, 5.41) is 16.9. The number of nitriles is 2. The van der Waals surface area contributed by atoms with Crippen molar-refractivity contribution in [3.8, 4) is 12.5 Å². The molecule has 0 radical (unpaired) electrons. The normalized spacial score (nSPS) is 11.0. The summed E-state index contributed by atoms with van der Waals surface area (Å²) in [7, 11) is 0. The van der Waals surface area contributed by atoms with E-state index in [9.17, 15) is 4.79 Å². The quantitative estimate of drug-likeness (QED) is 0.514. The van der Waals surface area contributed by atoms with Gasteiger partial charge >= 0.3 is 0 Å². The molecule has 1 unspecified atom stereocenters. The zero-order valence-corrected chi connectivity index (χ0v) is 12.0. The molecule has 0 saturated heterocycles. The lowest BCUT2D eigenvalue weighted by molar-refractivity contribution is -0.126. The number of hydrogen-bond acceptors (Lipinski definition) is 5. The standard InChI is InChI=1S/C16H18N2O3/c1-13-5-7-14(8-6-13)10-15(19)16(21-12-18)4-2-3-9-20-11-17/h5-8,16H,2-4,9-10H2,1H3. The number of hydrogen-bond donors (Lipinski definition) is 0. The maximum absolute atomic E-state index is 12.1. The van der Waals surface area contributed by atoms with Crippen LogP contribution in [0.25, 0.3) is 0 Å². The Balaban J connectivity index is 2.47. The average Bonchev–Trinajstić information content (AvgIpc) is 2.48. The highest BCUT2D eigenvalue weighted by atomic mass is 16.5. The zero-order chi connectivity index (χ0) is 15.5. The van der Waals surface area contributed by atoms with Gasteiger partial charge in [-0.25, -0.2) is 0 Å². The lowest BCUT2D eigenvalue weighted by atomic mass is 10.0. The van der Waals surface area contributed by atoms with Gasteiger partial charge in [-0.3, -0.25) is 4.79 Å². The van der Waals surface area contributed by atoms with Gasteiger partial charge in [-0.2, -0.15) is 10.5 Å². The van der Waals surface area contributed by atoms with Crippen LogP contribution in [0.1, 0.15) is 30.4 Å². The molecule has 0 aromatic heterocycles. The van der Waals surface area contributed by atoms with Gasteiger partial charge in [-0.05, 0) is 31.7 Å². The van der Waals surface area contributed by atoms with Crippen LogP contribution >= 0.6 is 0 Å². The van der Waals surface area contributed by atoms with Gasteiger partial charge in [0.05, 0.1) is 0 Å². The highest BCUT2D eigenvalue weighted by Crippen LogP contribution is 2.11. The van der Waals surface area contributed by atoms with Gasteiger partial charge in [0, 0.05) is 6.42 Å². The van der Waals surface area contributed by atoms with Crippen molar-refractivity contribution in [1.29, 1.82) is 10.5 Å². The highest BCUT2D eigenvalue weighted by Gasteiger charge is 2.19. The van der Waals surface area contributed by atoms with Crippen molar-refractivity contribution in [1.82, 2.24) is 0 Å². The second-order valence-electron chi connectivity index (χ2n) is 4.76. The van der Waals surface area contributed by atoms with Crippen molar-refractivity contribution in [3.05, 3.63) is 35.4 Å². The molecule has 0 bridgehead atoms. The predicted octanol–water partition coefficient (Wildman–Crippen LogP) is 2.64. The van der Waals surface area contributed by atoms with Crippen molar-refractivity contribution in [2.75, 3.05) is 6.61 Å². The first kappa shape index (κ1) is 16.5. The molecule has 1 aromatic rings. The third kappa shape index (κ3) is 6.44. The van der Waals surface area contributed by atoms with E-state index in [1.165, 1.54) is 0 Å². The summed E-state index contributed by atoms with van der Waals surface area (Å²) in [5.74, 6) is -0.110. The fourth-order valence-corrected chi connectivity index (χ4v) is 1.92. The fourth-order valence-electron chi connectivity index (χ4n) is 1.92. The average molecular weight is 286 g/mol. The van der Waals surface area contributed by atoms with Crippen LogP contribution < -0.4 is 0 Å². The first-order valence-corrected chi connectivity index (χ1v) is 6.81. The molecule has 0 aliphatic rings. The lowest BCUT2D eigenvalue weighted by Crippen LogP contribution is -2.24. The number of rotatable bonds is 9. The van der Waals surface area contributed by atoms with Crippen molar-refractivity contribution < 1.29 is 14.3 Å². The summed E-state index contributed by atoms with van der Waals surface area (Å²) >= 11 is 0. The summed E-state index contributed by atoms with van der Waals surface area (Å²) in [4.78, 5) is 12.1. The Bertz CT molecular complexity index is 526. The van der Waals surface area contributed by atoms with Gasteiger partial charge in [-0.1, -0.05) is 29.8 Å². The van der Waals surface area contributed by atoms with Gasteiger partial charge in [0.15, 0.2) is 11.9 Å². The zero-order valence-electron chi connectivity index (χ0n) is 12.0. The van der Waals surface area contributed by atoms with Crippen molar-refractivity contribution in [2.45, 2.75) is 38.7 Å². The molecule has 1 aromatic carbocycles. The van der Waals surface area contributed by atoms with Gasteiger partial charge in [0.2, 0.25) is 0 Å². The monoisotopic (exact) mass is 286 g/mol. The van der Waals surface area contributed by atoms with Crippen LogP contribution in [0.5, 0.6) is 0 Å². The summed E-state index contributed by atoms with van der Waals surface area (Å²) in [6.07, 6.45) is 4.47. The van der Waals surface area contributed by atoms with Crippen LogP contribution in [0.4, 0.5) is 0 Å². The van der Waals surface area contributed by atoms with Gasteiger partial charge < -0.3 is 9.47 Å². The first-order valence-electron chi connectivity index (χ1n) is 6.81. The van der Waals surface area contributed by atoms with E-state index in [1.807, 2.05) is 31.2 Å². The Morgan fingerprint density at radius 3 is 2.52 bits per heavy atom.